The van der Waals surface area contributed by atoms with Crippen LogP contribution in [0.3, 0.4) is 0 Å². The molecule has 2 heteroatoms. The fraction of sp³-hybridized carbons (Fsp3) is 0.538. The lowest BCUT2D eigenvalue weighted by atomic mass is 10.0. The highest BCUT2D eigenvalue weighted by atomic mass is 14.9. The summed E-state index contributed by atoms with van der Waals surface area (Å²) in [5, 5.41) is 3.56. The summed E-state index contributed by atoms with van der Waals surface area (Å²) in [4.78, 5) is 0. The van der Waals surface area contributed by atoms with Gasteiger partial charge in [-0.25, -0.2) is 0 Å². The Balaban J connectivity index is 2.88. The highest BCUT2D eigenvalue weighted by Gasteiger charge is 2.07. The quantitative estimate of drug-likeness (QED) is 0.777. The Hall–Kier alpha value is -1.02. The zero-order chi connectivity index (χ0) is 11.3. The standard InChI is InChI=1S/C13H22N2/c1-4-11(5-2)15-13-8-6-7-10(3)12(13)9-14/h6-8,11,15H,4-5,9,14H2,1-3H3. The minimum Gasteiger partial charge on any atom is -0.382 e. The van der Waals surface area contributed by atoms with Gasteiger partial charge in [0.1, 0.15) is 0 Å². The Morgan fingerprint density at radius 2 is 1.93 bits per heavy atom. The third-order valence-corrected chi connectivity index (χ3v) is 2.96. The molecule has 0 radical (unpaired) electrons. The second-order valence-corrected chi connectivity index (χ2v) is 3.96. The molecule has 1 rings (SSSR count). The molecule has 2 nitrogen and oxygen atoms in total. The Morgan fingerprint density at radius 3 is 2.47 bits per heavy atom. The third kappa shape index (κ3) is 2.96. The van der Waals surface area contributed by atoms with Crippen molar-refractivity contribution in [3.8, 4) is 0 Å². The summed E-state index contributed by atoms with van der Waals surface area (Å²) in [6.07, 6.45) is 2.29. The van der Waals surface area contributed by atoms with Gasteiger partial charge < -0.3 is 11.1 Å². The molecule has 1 aromatic carbocycles. The van der Waals surface area contributed by atoms with E-state index in [-0.39, 0.29) is 0 Å². The summed E-state index contributed by atoms with van der Waals surface area (Å²) in [6.45, 7) is 7.13. The molecule has 0 saturated heterocycles. The van der Waals surface area contributed by atoms with Crippen molar-refractivity contribution in [2.24, 2.45) is 5.73 Å². The van der Waals surface area contributed by atoms with Gasteiger partial charge in [-0.1, -0.05) is 26.0 Å². The summed E-state index contributed by atoms with van der Waals surface area (Å²) in [7, 11) is 0. The Morgan fingerprint density at radius 1 is 1.27 bits per heavy atom. The number of rotatable bonds is 5. The number of nitrogens with two attached hydrogens (primary N) is 1. The molecule has 0 aliphatic heterocycles. The summed E-state index contributed by atoms with van der Waals surface area (Å²) in [6, 6.07) is 6.87. The Bertz CT molecular complexity index is 303. The normalized spacial score (nSPS) is 10.7. The van der Waals surface area contributed by atoms with Gasteiger partial charge in [-0.15, -0.1) is 0 Å². The van der Waals surface area contributed by atoms with Gasteiger partial charge in [-0.3, -0.25) is 0 Å². The van der Waals surface area contributed by atoms with E-state index in [2.05, 4.69) is 44.3 Å². The number of hydrogen-bond donors (Lipinski definition) is 2. The summed E-state index contributed by atoms with van der Waals surface area (Å²) < 4.78 is 0. The molecular weight excluding hydrogens is 184 g/mol. The molecule has 0 saturated carbocycles. The van der Waals surface area contributed by atoms with E-state index in [1.54, 1.807) is 0 Å². The van der Waals surface area contributed by atoms with Crippen molar-refractivity contribution >= 4 is 5.69 Å². The topological polar surface area (TPSA) is 38.0 Å². The molecule has 3 N–H and O–H groups in total. The van der Waals surface area contributed by atoms with Crippen LogP contribution >= 0.6 is 0 Å². The first-order valence-corrected chi connectivity index (χ1v) is 5.78. The van der Waals surface area contributed by atoms with Crippen molar-refractivity contribution < 1.29 is 0 Å². The average molecular weight is 206 g/mol. The fourth-order valence-electron chi connectivity index (χ4n) is 1.82. The van der Waals surface area contributed by atoms with Crippen molar-refractivity contribution in [2.75, 3.05) is 5.32 Å². The van der Waals surface area contributed by atoms with Crippen molar-refractivity contribution in [2.45, 2.75) is 46.2 Å². The van der Waals surface area contributed by atoms with E-state index in [9.17, 15) is 0 Å². The Kier molecular flexibility index (Phi) is 4.63. The largest absolute Gasteiger partial charge is 0.382 e. The highest BCUT2D eigenvalue weighted by molar-refractivity contribution is 5.55. The van der Waals surface area contributed by atoms with E-state index in [4.69, 9.17) is 5.73 Å². The van der Waals surface area contributed by atoms with Crippen LogP contribution < -0.4 is 11.1 Å². The molecule has 0 aromatic heterocycles. The minimum absolute atomic E-state index is 0.553. The number of nitrogens with one attached hydrogen (secondary N) is 1. The van der Waals surface area contributed by atoms with Crippen LogP contribution in [0.4, 0.5) is 5.69 Å². The molecule has 0 aliphatic carbocycles. The lowest BCUT2D eigenvalue weighted by Gasteiger charge is -2.19. The number of benzene rings is 1. The molecular formula is C13H22N2. The van der Waals surface area contributed by atoms with Crippen LogP contribution in [-0.2, 0) is 6.54 Å². The monoisotopic (exact) mass is 206 g/mol. The molecule has 0 heterocycles. The van der Waals surface area contributed by atoms with Gasteiger partial charge >= 0.3 is 0 Å². The molecule has 15 heavy (non-hydrogen) atoms. The molecule has 0 atom stereocenters. The molecule has 0 unspecified atom stereocenters. The zero-order valence-electron chi connectivity index (χ0n) is 10.0. The van der Waals surface area contributed by atoms with Crippen molar-refractivity contribution in [1.29, 1.82) is 0 Å². The van der Waals surface area contributed by atoms with Gasteiger partial charge in [0.15, 0.2) is 0 Å². The van der Waals surface area contributed by atoms with E-state index in [1.165, 1.54) is 16.8 Å². The first kappa shape index (κ1) is 12.1. The van der Waals surface area contributed by atoms with Crippen LogP contribution in [0.15, 0.2) is 18.2 Å². The van der Waals surface area contributed by atoms with Gasteiger partial charge in [-0.2, -0.15) is 0 Å². The summed E-state index contributed by atoms with van der Waals surface area (Å²) in [5.41, 5.74) is 9.48. The smallest absolute Gasteiger partial charge is 0.0390 e. The van der Waals surface area contributed by atoms with E-state index >= 15 is 0 Å². The highest BCUT2D eigenvalue weighted by Crippen LogP contribution is 2.20. The van der Waals surface area contributed by atoms with Crippen LogP contribution in [0, 0.1) is 6.92 Å². The summed E-state index contributed by atoms with van der Waals surface area (Å²) >= 11 is 0. The van der Waals surface area contributed by atoms with Crippen LogP contribution in [-0.4, -0.2) is 6.04 Å². The second kappa shape index (κ2) is 5.76. The zero-order valence-corrected chi connectivity index (χ0v) is 10.0. The molecule has 0 aliphatic rings. The van der Waals surface area contributed by atoms with E-state index in [1.807, 2.05) is 0 Å². The third-order valence-electron chi connectivity index (χ3n) is 2.96. The maximum absolute atomic E-state index is 5.77. The van der Waals surface area contributed by atoms with E-state index < -0.39 is 0 Å². The van der Waals surface area contributed by atoms with Gasteiger partial charge in [0.25, 0.3) is 0 Å². The Labute approximate surface area is 92.9 Å². The molecule has 0 bridgehead atoms. The minimum atomic E-state index is 0.553. The molecule has 0 spiro atoms. The first-order valence-electron chi connectivity index (χ1n) is 5.78. The maximum Gasteiger partial charge on any atom is 0.0390 e. The fourth-order valence-corrected chi connectivity index (χ4v) is 1.82. The van der Waals surface area contributed by atoms with Gasteiger partial charge in [0.2, 0.25) is 0 Å². The summed E-state index contributed by atoms with van der Waals surface area (Å²) in [5.74, 6) is 0. The molecule has 0 fully saturated rings. The number of anilines is 1. The van der Waals surface area contributed by atoms with Crippen molar-refractivity contribution in [1.82, 2.24) is 0 Å². The maximum atomic E-state index is 5.77. The van der Waals surface area contributed by atoms with E-state index in [0.717, 1.165) is 12.8 Å². The molecule has 1 aromatic rings. The van der Waals surface area contributed by atoms with Gasteiger partial charge in [0, 0.05) is 18.3 Å². The first-order chi connectivity index (χ1) is 7.22. The van der Waals surface area contributed by atoms with Crippen molar-refractivity contribution in [3.05, 3.63) is 29.3 Å². The predicted molar refractivity (Wildman–Crippen MR) is 67.1 cm³/mol. The predicted octanol–water partition coefficient (Wildman–Crippen LogP) is 3.05. The lowest BCUT2D eigenvalue weighted by molar-refractivity contribution is 0.670. The number of aryl methyl sites for hydroxylation is 1. The van der Waals surface area contributed by atoms with Crippen molar-refractivity contribution in [3.63, 3.8) is 0 Å². The van der Waals surface area contributed by atoms with Crippen LogP contribution in [0.2, 0.25) is 0 Å². The van der Waals surface area contributed by atoms with Crippen LogP contribution in [0.5, 0.6) is 0 Å². The number of hydrogen-bond acceptors (Lipinski definition) is 2. The second-order valence-electron chi connectivity index (χ2n) is 3.96. The van der Waals surface area contributed by atoms with Crippen LogP contribution in [0.25, 0.3) is 0 Å². The molecule has 0 amide bonds. The van der Waals surface area contributed by atoms with Gasteiger partial charge in [0.05, 0.1) is 0 Å². The SMILES string of the molecule is CCC(CC)Nc1cccc(C)c1CN. The molecule has 84 valence electrons. The average Bonchev–Trinajstić information content (AvgIpc) is 2.26. The van der Waals surface area contributed by atoms with Gasteiger partial charge in [-0.05, 0) is 37.0 Å². The van der Waals surface area contributed by atoms with Crippen LogP contribution in [0.1, 0.15) is 37.8 Å². The van der Waals surface area contributed by atoms with E-state index in [0.29, 0.717) is 12.6 Å². The lowest BCUT2D eigenvalue weighted by Crippen LogP contribution is -2.19.